The Balaban J connectivity index is 1.67. The van der Waals surface area contributed by atoms with Gasteiger partial charge in [0.2, 0.25) is 0 Å². The molecule has 0 spiro atoms. The van der Waals surface area contributed by atoms with E-state index in [0.717, 1.165) is 48.5 Å². The summed E-state index contributed by atoms with van der Waals surface area (Å²) in [5, 5.41) is 0.846. The van der Waals surface area contributed by atoms with E-state index in [-0.39, 0.29) is 60.3 Å². The number of fused-ring (bicyclic) bond motifs is 3. The van der Waals surface area contributed by atoms with Gasteiger partial charge in [-0.05, 0) is 122 Å². The summed E-state index contributed by atoms with van der Waals surface area (Å²) in [5.74, 6) is -0.258. The Hall–Kier alpha value is -4.35. The Kier molecular flexibility index (Phi) is 8.63. The summed E-state index contributed by atoms with van der Waals surface area (Å²) in [5.41, 5.74) is 0.547. The zero-order valence-electron chi connectivity index (χ0n) is 24.5. The van der Waals surface area contributed by atoms with Crippen LogP contribution in [0.4, 0.5) is 0 Å². The Morgan fingerprint density at radius 1 is 0.460 bits per heavy atom. The van der Waals surface area contributed by atoms with Gasteiger partial charge >= 0.3 is 0 Å². The van der Waals surface area contributed by atoms with Crippen molar-refractivity contribution in [2.45, 2.75) is 19.6 Å². The minimum Gasteiger partial charge on any atom is -0.740 e. The molecule has 0 aromatic heterocycles. The highest BCUT2D eigenvalue weighted by molar-refractivity contribution is 7.86. The van der Waals surface area contributed by atoms with Gasteiger partial charge in [-0.25, -0.2) is 4.21 Å². The highest BCUT2D eigenvalue weighted by Gasteiger charge is 2.21. The number of rotatable bonds is 8. The van der Waals surface area contributed by atoms with Gasteiger partial charge in [-0.15, -0.1) is 0 Å². The van der Waals surface area contributed by atoms with Crippen LogP contribution in [0.5, 0.6) is 5.75 Å². The van der Waals surface area contributed by atoms with Crippen molar-refractivity contribution in [3.8, 4) is 28.0 Å². The summed E-state index contributed by atoms with van der Waals surface area (Å²) in [6.07, 6.45) is 0. The quantitative estimate of drug-likeness (QED) is 0.121. The van der Waals surface area contributed by atoms with Crippen molar-refractivity contribution < 1.29 is 64.8 Å². The van der Waals surface area contributed by atoms with Gasteiger partial charge < -0.3 is 8.74 Å². The van der Waals surface area contributed by atoms with Gasteiger partial charge in [-0.1, -0.05) is 18.2 Å². The lowest BCUT2D eigenvalue weighted by Gasteiger charge is -2.16. The van der Waals surface area contributed by atoms with Crippen LogP contribution in [0.2, 0.25) is 0 Å². The van der Waals surface area contributed by atoms with E-state index in [9.17, 15) is 60.6 Å². The number of hydrogen-bond donors (Lipinski definition) is 4. The molecule has 6 rings (SSSR count). The third kappa shape index (κ3) is 6.98. The highest BCUT2D eigenvalue weighted by atomic mass is 32.2. The summed E-state index contributed by atoms with van der Waals surface area (Å²) in [6.45, 7) is 0. The van der Waals surface area contributed by atoms with Gasteiger partial charge in [0.05, 0.1) is 19.6 Å². The van der Waals surface area contributed by atoms with Crippen molar-refractivity contribution in [2.24, 2.45) is 0 Å². The van der Waals surface area contributed by atoms with E-state index in [4.69, 9.17) is 4.18 Å². The molecule has 260 valence electrons. The SMILES string of the molecule is O=S([O-])Oc1cc(-c2cc(S(=O)(=O)O)cc3cc(S(=O)(=O)O)ccc23)cc2cc(-c3cc(S(=O)(=O)O)cc4cc(S(=O)(=O)O)ccc34)ccc12. The molecule has 0 aliphatic carbocycles. The molecule has 4 N–H and O–H groups in total. The third-order valence-electron chi connectivity index (χ3n) is 7.68. The van der Waals surface area contributed by atoms with Gasteiger partial charge in [0.15, 0.2) is 0 Å². The first-order chi connectivity index (χ1) is 23.1. The fourth-order valence-electron chi connectivity index (χ4n) is 5.54. The Morgan fingerprint density at radius 2 is 0.840 bits per heavy atom. The van der Waals surface area contributed by atoms with Crippen molar-refractivity contribution in [2.75, 3.05) is 0 Å². The summed E-state index contributed by atoms with van der Waals surface area (Å²) >= 11 is -3.12. The molecule has 0 aliphatic heterocycles. The average molecular weight is 780 g/mol. The predicted molar refractivity (Wildman–Crippen MR) is 179 cm³/mol. The minimum atomic E-state index is -4.90. The minimum absolute atomic E-state index is 0.00244. The largest absolute Gasteiger partial charge is 0.740 e. The van der Waals surface area contributed by atoms with Crippen LogP contribution in [0.25, 0.3) is 54.6 Å². The molecule has 15 nitrogen and oxygen atoms in total. The molecule has 1 unspecified atom stereocenters. The average Bonchev–Trinajstić information content (AvgIpc) is 3.00. The van der Waals surface area contributed by atoms with Crippen molar-refractivity contribution >= 4 is 84.2 Å². The van der Waals surface area contributed by atoms with Crippen LogP contribution in [0, 0.1) is 0 Å². The van der Waals surface area contributed by atoms with Crippen molar-refractivity contribution in [1.82, 2.24) is 0 Å². The van der Waals surface area contributed by atoms with Gasteiger partial charge in [-0.2, -0.15) is 33.7 Å². The van der Waals surface area contributed by atoms with E-state index in [0.29, 0.717) is 0 Å². The zero-order valence-corrected chi connectivity index (χ0v) is 28.6. The maximum Gasteiger partial charge on any atom is 0.294 e. The molecule has 0 bridgehead atoms. The lowest BCUT2D eigenvalue weighted by atomic mass is 9.93. The van der Waals surface area contributed by atoms with Gasteiger partial charge in [-0.3, -0.25) is 18.2 Å². The van der Waals surface area contributed by atoms with Crippen LogP contribution in [0.3, 0.4) is 0 Å². The first kappa shape index (κ1) is 35.5. The smallest absolute Gasteiger partial charge is 0.294 e. The lowest BCUT2D eigenvalue weighted by molar-refractivity contribution is 0.442. The maximum absolute atomic E-state index is 12.2. The molecule has 0 aliphatic rings. The molecule has 0 amide bonds. The Bertz CT molecular complexity index is 2910. The van der Waals surface area contributed by atoms with Crippen molar-refractivity contribution in [3.63, 3.8) is 0 Å². The summed E-state index contributed by atoms with van der Waals surface area (Å²) in [4.78, 5) is -2.43. The van der Waals surface area contributed by atoms with E-state index in [1.54, 1.807) is 0 Å². The zero-order chi connectivity index (χ0) is 36.6. The second-order valence-electron chi connectivity index (χ2n) is 10.8. The molecule has 6 aromatic carbocycles. The Morgan fingerprint density at radius 3 is 1.28 bits per heavy atom. The van der Waals surface area contributed by atoms with Gasteiger partial charge in [0, 0.05) is 5.39 Å². The standard InChI is InChI=1S/C30H20O15S5/c31-46(32)45-30-13-18(29-15-24(50(42,43)44)12-20-10-22(48(36,37)38)3-6-26(20)29)8-17-7-16(1-4-27(17)30)28-14-23(49(39,40)41)11-19-9-21(47(33,34)35)2-5-25(19)28/h1-15H,(H,31,32)(H,33,34,35)(H,36,37,38)(H,39,40,41)(H,42,43,44)/p-1. The molecule has 6 aromatic rings. The summed E-state index contributed by atoms with van der Waals surface area (Å²) < 4.78 is 163. The van der Waals surface area contributed by atoms with Crippen LogP contribution in [-0.4, -0.2) is 60.6 Å². The van der Waals surface area contributed by atoms with Gasteiger partial charge in [0.25, 0.3) is 40.5 Å². The summed E-state index contributed by atoms with van der Waals surface area (Å²) in [7, 11) is -19.2. The third-order valence-corrected chi connectivity index (χ3v) is 11.4. The van der Waals surface area contributed by atoms with E-state index in [1.165, 1.54) is 42.5 Å². The van der Waals surface area contributed by atoms with E-state index in [1.807, 2.05) is 0 Å². The first-order valence-corrected chi connectivity index (χ1v) is 20.3. The van der Waals surface area contributed by atoms with Crippen molar-refractivity contribution in [3.05, 3.63) is 91.0 Å². The van der Waals surface area contributed by atoms with Crippen LogP contribution < -0.4 is 4.18 Å². The highest BCUT2D eigenvalue weighted by Crippen LogP contribution is 2.41. The second-order valence-corrected chi connectivity index (χ2v) is 17.1. The lowest BCUT2D eigenvalue weighted by Crippen LogP contribution is -2.02. The molecule has 50 heavy (non-hydrogen) atoms. The second kappa shape index (κ2) is 12.2. The van der Waals surface area contributed by atoms with Crippen LogP contribution >= 0.6 is 0 Å². The van der Waals surface area contributed by atoms with Crippen LogP contribution in [0.15, 0.2) is 111 Å². The molecule has 0 saturated carbocycles. The molecular formula is C30H19O15S5-. The molecular weight excluding hydrogens is 761 g/mol. The summed E-state index contributed by atoms with van der Waals surface area (Å²) in [6, 6.07) is 17.8. The Labute approximate surface area is 286 Å². The molecule has 0 saturated heterocycles. The fraction of sp³-hybridized carbons (Fsp3) is 0. The van der Waals surface area contributed by atoms with E-state index in [2.05, 4.69) is 0 Å². The fourth-order valence-corrected chi connectivity index (χ4v) is 7.94. The number of hydrogen-bond acceptors (Lipinski definition) is 11. The molecule has 0 radical (unpaired) electrons. The molecule has 0 heterocycles. The van der Waals surface area contributed by atoms with E-state index < -0.39 is 71.4 Å². The predicted octanol–water partition coefficient (Wildman–Crippen LogP) is 4.64. The van der Waals surface area contributed by atoms with Crippen LogP contribution in [-0.2, 0) is 51.8 Å². The van der Waals surface area contributed by atoms with Gasteiger partial charge in [0.1, 0.15) is 17.1 Å². The monoisotopic (exact) mass is 779 g/mol. The molecule has 1 atom stereocenters. The topological polar surface area (TPSA) is 267 Å². The normalized spacial score (nSPS) is 13.5. The first-order valence-electron chi connectivity index (χ1n) is 13.5. The molecule has 0 fully saturated rings. The molecule has 20 heteroatoms. The van der Waals surface area contributed by atoms with Crippen LogP contribution in [0.1, 0.15) is 0 Å². The maximum atomic E-state index is 12.2. The van der Waals surface area contributed by atoms with Crippen molar-refractivity contribution in [1.29, 1.82) is 0 Å². The number of benzene rings is 6. The van der Waals surface area contributed by atoms with E-state index >= 15 is 0 Å².